The summed E-state index contributed by atoms with van der Waals surface area (Å²) in [6.45, 7) is 5.50. The molecule has 1 rings (SSSR count). The van der Waals surface area contributed by atoms with Crippen LogP contribution in [0, 0.1) is 0 Å². The largest absolute Gasteiger partial charge is 0.496 e. The van der Waals surface area contributed by atoms with Crippen molar-refractivity contribution in [3.05, 3.63) is 23.8 Å². The van der Waals surface area contributed by atoms with Crippen molar-refractivity contribution in [1.29, 1.82) is 0 Å². The third-order valence-electron chi connectivity index (χ3n) is 2.39. The van der Waals surface area contributed by atoms with Crippen molar-refractivity contribution in [2.45, 2.75) is 26.3 Å². The number of carbonyl (C=O) groups excluding carboxylic acids is 2. The summed E-state index contributed by atoms with van der Waals surface area (Å²) in [7, 11) is 1.47. The van der Waals surface area contributed by atoms with Gasteiger partial charge < -0.3 is 21.1 Å². The van der Waals surface area contributed by atoms with Gasteiger partial charge in [0.15, 0.2) is 0 Å². The third-order valence-corrected chi connectivity index (χ3v) is 2.39. The Labute approximate surface area is 118 Å². The Hall–Kier alpha value is -2.24. The van der Waals surface area contributed by atoms with E-state index < -0.39 is 5.91 Å². The molecular weight excluding hydrogens is 258 g/mol. The maximum Gasteiger partial charge on any atom is 0.255 e. The molecule has 0 radical (unpaired) electrons. The van der Waals surface area contributed by atoms with E-state index >= 15 is 0 Å². The Bertz CT molecular complexity index is 507. The summed E-state index contributed by atoms with van der Waals surface area (Å²) in [5.74, 6) is -0.250. The van der Waals surface area contributed by atoms with Crippen molar-refractivity contribution in [3.8, 4) is 5.75 Å². The van der Waals surface area contributed by atoms with Crippen LogP contribution in [-0.4, -0.2) is 31.0 Å². The van der Waals surface area contributed by atoms with Crippen LogP contribution in [0.2, 0.25) is 0 Å². The number of methoxy groups -OCH3 is 1. The minimum Gasteiger partial charge on any atom is -0.496 e. The second kappa shape index (κ2) is 6.27. The van der Waals surface area contributed by atoms with E-state index in [0.29, 0.717) is 17.0 Å². The van der Waals surface area contributed by atoms with Crippen molar-refractivity contribution in [2.75, 3.05) is 19.4 Å². The lowest BCUT2D eigenvalue weighted by molar-refractivity contribution is -0.121. The molecule has 0 fully saturated rings. The molecule has 0 spiro atoms. The number of carbonyl (C=O) groups is 2. The monoisotopic (exact) mass is 279 g/mol. The van der Waals surface area contributed by atoms with Gasteiger partial charge in [0.25, 0.3) is 5.91 Å². The minimum atomic E-state index is -0.404. The van der Waals surface area contributed by atoms with E-state index in [2.05, 4.69) is 10.6 Å². The van der Waals surface area contributed by atoms with E-state index in [-0.39, 0.29) is 18.0 Å². The van der Waals surface area contributed by atoms with E-state index in [4.69, 9.17) is 10.5 Å². The lowest BCUT2D eigenvalue weighted by Crippen LogP contribution is -2.45. The summed E-state index contributed by atoms with van der Waals surface area (Å²) in [6.07, 6.45) is 0. The Morgan fingerprint density at radius 3 is 2.50 bits per heavy atom. The van der Waals surface area contributed by atoms with Crippen LogP contribution < -0.4 is 21.1 Å². The first-order valence-electron chi connectivity index (χ1n) is 6.25. The quantitative estimate of drug-likeness (QED) is 0.714. The number of nitrogen functional groups attached to an aromatic ring is 1. The van der Waals surface area contributed by atoms with Crippen molar-refractivity contribution >= 4 is 17.5 Å². The number of ether oxygens (including phenoxy) is 1. The fraction of sp³-hybridized carbons (Fsp3) is 0.429. The number of rotatable bonds is 4. The zero-order valence-corrected chi connectivity index (χ0v) is 12.2. The van der Waals surface area contributed by atoms with Crippen LogP contribution in [0.4, 0.5) is 5.69 Å². The molecule has 0 bridgehead atoms. The molecule has 110 valence electrons. The van der Waals surface area contributed by atoms with Gasteiger partial charge in [-0.05, 0) is 39.0 Å². The predicted molar refractivity (Wildman–Crippen MR) is 77.6 cm³/mol. The van der Waals surface area contributed by atoms with Gasteiger partial charge in [0.2, 0.25) is 5.91 Å². The molecule has 0 saturated heterocycles. The third kappa shape index (κ3) is 4.79. The van der Waals surface area contributed by atoms with Gasteiger partial charge in [-0.15, -0.1) is 0 Å². The smallest absolute Gasteiger partial charge is 0.255 e. The van der Waals surface area contributed by atoms with Crippen LogP contribution in [0.1, 0.15) is 31.1 Å². The number of hydrogen-bond acceptors (Lipinski definition) is 4. The zero-order chi connectivity index (χ0) is 15.3. The fourth-order valence-electron chi connectivity index (χ4n) is 1.62. The average Bonchev–Trinajstić information content (AvgIpc) is 2.33. The maximum atomic E-state index is 12.0. The van der Waals surface area contributed by atoms with Gasteiger partial charge in [-0.3, -0.25) is 9.59 Å². The summed E-state index contributed by atoms with van der Waals surface area (Å²) in [5.41, 5.74) is 6.06. The molecule has 0 aliphatic heterocycles. The van der Waals surface area contributed by atoms with Gasteiger partial charge in [0, 0.05) is 11.2 Å². The highest BCUT2D eigenvalue weighted by Crippen LogP contribution is 2.20. The van der Waals surface area contributed by atoms with Crippen LogP contribution in [0.25, 0.3) is 0 Å². The van der Waals surface area contributed by atoms with Crippen LogP contribution in [0.15, 0.2) is 18.2 Å². The second-order valence-corrected chi connectivity index (χ2v) is 5.44. The van der Waals surface area contributed by atoms with E-state index in [1.54, 1.807) is 12.1 Å². The highest BCUT2D eigenvalue weighted by Gasteiger charge is 2.16. The molecule has 6 heteroatoms. The summed E-state index contributed by atoms with van der Waals surface area (Å²) in [4.78, 5) is 23.7. The first kappa shape index (κ1) is 15.8. The molecule has 2 amide bonds. The number of nitrogens with two attached hydrogens (primary N) is 1. The summed E-state index contributed by atoms with van der Waals surface area (Å²) < 4.78 is 5.09. The zero-order valence-electron chi connectivity index (χ0n) is 12.2. The number of amides is 2. The van der Waals surface area contributed by atoms with Gasteiger partial charge in [0.05, 0.1) is 19.2 Å². The first-order chi connectivity index (χ1) is 9.23. The number of benzene rings is 1. The van der Waals surface area contributed by atoms with Crippen LogP contribution >= 0.6 is 0 Å². The molecule has 0 aliphatic carbocycles. The minimum absolute atomic E-state index is 0.103. The van der Waals surface area contributed by atoms with Gasteiger partial charge in [0.1, 0.15) is 5.75 Å². The number of anilines is 1. The van der Waals surface area contributed by atoms with E-state index in [0.717, 1.165) is 0 Å². The van der Waals surface area contributed by atoms with Crippen LogP contribution in [0.3, 0.4) is 0 Å². The molecule has 0 aromatic heterocycles. The SMILES string of the molecule is COc1ccc(N)cc1C(=O)NCC(=O)NC(C)(C)C. The lowest BCUT2D eigenvalue weighted by atomic mass is 10.1. The van der Waals surface area contributed by atoms with Crippen molar-refractivity contribution in [1.82, 2.24) is 10.6 Å². The molecule has 6 nitrogen and oxygen atoms in total. The van der Waals surface area contributed by atoms with Gasteiger partial charge in [-0.25, -0.2) is 0 Å². The normalized spacial score (nSPS) is 10.8. The summed E-state index contributed by atoms with van der Waals surface area (Å²) in [6, 6.07) is 4.76. The van der Waals surface area contributed by atoms with Crippen molar-refractivity contribution < 1.29 is 14.3 Å². The molecule has 0 saturated carbocycles. The second-order valence-electron chi connectivity index (χ2n) is 5.44. The fourth-order valence-corrected chi connectivity index (χ4v) is 1.62. The Kier molecular flexibility index (Phi) is 4.96. The lowest BCUT2D eigenvalue weighted by Gasteiger charge is -2.20. The number of hydrogen-bond donors (Lipinski definition) is 3. The molecule has 4 N–H and O–H groups in total. The molecule has 0 aliphatic rings. The molecule has 0 heterocycles. The predicted octanol–water partition coefficient (Wildman–Crippen LogP) is 0.922. The Morgan fingerprint density at radius 2 is 1.95 bits per heavy atom. The highest BCUT2D eigenvalue weighted by molar-refractivity contribution is 5.99. The highest BCUT2D eigenvalue weighted by atomic mass is 16.5. The molecule has 0 unspecified atom stereocenters. The molecule has 1 aromatic carbocycles. The summed E-state index contributed by atoms with van der Waals surface area (Å²) in [5, 5.41) is 5.29. The van der Waals surface area contributed by atoms with E-state index in [1.807, 2.05) is 20.8 Å². The maximum absolute atomic E-state index is 12.0. The van der Waals surface area contributed by atoms with Crippen molar-refractivity contribution in [2.24, 2.45) is 0 Å². The Balaban J connectivity index is 2.68. The van der Waals surface area contributed by atoms with Gasteiger partial charge in [-0.2, -0.15) is 0 Å². The first-order valence-corrected chi connectivity index (χ1v) is 6.25. The van der Waals surface area contributed by atoms with Crippen LogP contribution in [0.5, 0.6) is 5.75 Å². The van der Waals surface area contributed by atoms with Gasteiger partial charge in [-0.1, -0.05) is 0 Å². The standard InChI is InChI=1S/C14H21N3O3/c1-14(2,3)17-12(18)8-16-13(19)10-7-9(15)5-6-11(10)20-4/h5-7H,8,15H2,1-4H3,(H,16,19)(H,17,18). The topological polar surface area (TPSA) is 93.4 Å². The van der Waals surface area contributed by atoms with Gasteiger partial charge >= 0.3 is 0 Å². The number of nitrogens with one attached hydrogen (secondary N) is 2. The molecule has 0 atom stereocenters. The summed E-state index contributed by atoms with van der Waals surface area (Å²) >= 11 is 0. The Morgan fingerprint density at radius 1 is 1.30 bits per heavy atom. The molecule has 1 aromatic rings. The van der Waals surface area contributed by atoms with Crippen molar-refractivity contribution in [3.63, 3.8) is 0 Å². The van der Waals surface area contributed by atoms with E-state index in [9.17, 15) is 9.59 Å². The van der Waals surface area contributed by atoms with Crippen LogP contribution in [-0.2, 0) is 4.79 Å². The molecular formula is C14H21N3O3. The van der Waals surface area contributed by atoms with E-state index in [1.165, 1.54) is 13.2 Å². The molecule has 20 heavy (non-hydrogen) atoms. The average molecular weight is 279 g/mol.